The van der Waals surface area contributed by atoms with Crippen LogP contribution < -0.4 is 0 Å². The van der Waals surface area contributed by atoms with Gasteiger partial charge in [-0.15, -0.1) is 0 Å². The lowest BCUT2D eigenvalue weighted by molar-refractivity contribution is 0.103. The molecule has 86 valence electrons. The van der Waals surface area contributed by atoms with E-state index in [1.807, 2.05) is 6.92 Å². The molecule has 0 saturated carbocycles. The molecule has 0 radical (unpaired) electrons. The Morgan fingerprint density at radius 2 is 1.88 bits per heavy atom. The molecule has 0 atom stereocenters. The van der Waals surface area contributed by atoms with E-state index in [-0.39, 0.29) is 11.6 Å². The van der Waals surface area contributed by atoms with Crippen LogP contribution in [-0.4, -0.2) is 10.8 Å². The lowest BCUT2D eigenvalue weighted by Crippen LogP contribution is -2.03. The Morgan fingerprint density at radius 3 is 2.53 bits per heavy atom. The van der Waals surface area contributed by atoms with Crippen LogP contribution in [0.1, 0.15) is 27.0 Å². The molecule has 0 aliphatic carbocycles. The van der Waals surface area contributed by atoms with E-state index >= 15 is 0 Å². The summed E-state index contributed by atoms with van der Waals surface area (Å²) in [5, 5.41) is 0. The summed E-state index contributed by atoms with van der Waals surface area (Å²) in [7, 11) is 0. The third-order valence-corrected chi connectivity index (χ3v) is 2.56. The predicted octanol–water partition coefficient (Wildman–Crippen LogP) is 3.07. The number of nitrogens with zero attached hydrogens (tertiary/aromatic N) is 1. The highest BCUT2D eigenvalue weighted by Crippen LogP contribution is 2.14. The van der Waals surface area contributed by atoms with Crippen molar-refractivity contribution in [3.8, 4) is 0 Å². The number of hydrogen-bond donors (Lipinski definition) is 0. The normalized spacial score (nSPS) is 10.3. The Balaban J connectivity index is 2.40. The van der Waals surface area contributed by atoms with Gasteiger partial charge in [-0.3, -0.25) is 9.78 Å². The Kier molecular flexibility index (Phi) is 3.00. The minimum Gasteiger partial charge on any atom is -0.289 e. The first-order chi connectivity index (χ1) is 8.08. The topological polar surface area (TPSA) is 30.0 Å². The van der Waals surface area contributed by atoms with E-state index < -0.39 is 0 Å². The molecule has 0 saturated heterocycles. The Bertz CT molecular complexity index is 578. The van der Waals surface area contributed by atoms with Crippen LogP contribution in [0.5, 0.6) is 0 Å². The van der Waals surface area contributed by atoms with Gasteiger partial charge in [0.1, 0.15) is 5.82 Å². The van der Waals surface area contributed by atoms with Gasteiger partial charge in [0.05, 0.1) is 0 Å². The van der Waals surface area contributed by atoms with Crippen LogP contribution in [0.2, 0.25) is 0 Å². The SMILES string of the molecule is Cc1cncc(C(=O)c2ccc(F)c(C)c2)c1. The zero-order valence-electron chi connectivity index (χ0n) is 9.70. The number of carbonyl (C=O) groups excluding carboxylic acids is 1. The molecule has 0 bridgehead atoms. The maximum atomic E-state index is 13.1. The van der Waals surface area contributed by atoms with Crippen molar-refractivity contribution in [1.29, 1.82) is 0 Å². The molecule has 1 aromatic carbocycles. The van der Waals surface area contributed by atoms with Crippen LogP contribution in [0.15, 0.2) is 36.7 Å². The van der Waals surface area contributed by atoms with Crippen LogP contribution in [-0.2, 0) is 0 Å². The van der Waals surface area contributed by atoms with E-state index in [1.165, 1.54) is 18.3 Å². The van der Waals surface area contributed by atoms with Gasteiger partial charge in [-0.2, -0.15) is 0 Å². The number of carbonyl (C=O) groups is 1. The third kappa shape index (κ3) is 2.38. The summed E-state index contributed by atoms with van der Waals surface area (Å²) in [6.45, 7) is 3.51. The fourth-order valence-corrected chi connectivity index (χ4v) is 1.63. The van der Waals surface area contributed by atoms with E-state index in [4.69, 9.17) is 0 Å². The molecule has 3 heteroatoms. The molecule has 0 aliphatic heterocycles. The fourth-order valence-electron chi connectivity index (χ4n) is 1.63. The summed E-state index contributed by atoms with van der Waals surface area (Å²) in [4.78, 5) is 16.1. The number of aromatic nitrogens is 1. The van der Waals surface area contributed by atoms with Crippen LogP contribution in [0.3, 0.4) is 0 Å². The summed E-state index contributed by atoms with van der Waals surface area (Å²) >= 11 is 0. The molecule has 2 rings (SSSR count). The third-order valence-electron chi connectivity index (χ3n) is 2.56. The van der Waals surface area contributed by atoms with Crippen LogP contribution >= 0.6 is 0 Å². The van der Waals surface area contributed by atoms with Crippen molar-refractivity contribution in [2.45, 2.75) is 13.8 Å². The number of hydrogen-bond acceptors (Lipinski definition) is 2. The molecule has 0 amide bonds. The van der Waals surface area contributed by atoms with Gasteiger partial charge in [0.2, 0.25) is 0 Å². The van der Waals surface area contributed by atoms with Crippen molar-refractivity contribution in [2.24, 2.45) is 0 Å². The van der Waals surface area contributed by atoms with Crippen molar-refractivity contribution < 1.29 is 9.18 Å². The lowest BCUT2D eigenvalue weighted by atomic mass is 10.0. The molecular weight excluding hydrogens is 217 g/mol. The van der Waals surface area contributed by atoms with Crippen molar-refractivity contribution in [3.05, 3.63) is 64.7 Å². The van der Waals surface area contributed by atoms with E-state index in [1.54, 1.807) is 25.3 Å². The van der Waals surface area contributed by atoms with Crippen molar-refractivity contribution >= 4 is 5.78 Å². The highest BCUT2D eigenvalue weighted by Gasteiger charge is 2.10. The van der Waals surface area contributed by atoms with Gasteiger partial charge >= 0.3 is 0 Å². The quantitative estimate of drug-likeness (QED) is 0.741. The second-order valence-electron chi connectivity index (χ2n) is 4.04. The lowest BCUT2D eigenvalue weighted by Gasteiger charge is -2.03. The van der Waals surface area contributed by atoms with Gasteiger partial charge < -0.3 is 0 Å². The highest BCUT2D eigenvalue weighted by molar-refractivity contribution is 6.08. The first kappa shape index (κ1) is 11.5. The highest BCUT2D eigenvalue weighted by atomic mass is 19.1. The van der Waals surface area contributed by atoms with E-state index in [2.05, 4.69) is 4.98 Å². The molecular formula is C14H12FNO. The molecule has 0 N–H and O–H groups in total. The summed E-state index contributed by atoms with van der Waals surface area (Å²) in [5.41, 5.74) is 2.40. The average molecular weight is 229 g/mol. The molecule has 1 heterocycles. The zero-order valence-corrected chi connectivity index (χ0v) is 9.70. The first-order valence-corrected chi connectivity index (χ1v) is 5.30. The Hall–Kier alpha value is -2.03. The van der Waals surface area contributed by atoms with Crippen LogP contribution in [0, 0.1) is 19.7 Å². The smallest absolute Gasteiger partial charge is 0.194 e. The van der Waals surface area contributed by atoms with Crippen LogP contribution in [0.4, 0.5) is 4.39 Å². The number of benzene rings is 1. The van der Waals surface area contributed by atoms with Gasteiger partial charge in [-0.25, -0.2) is 4.39 Å². The van der Waals surface area contributed by atoms with E-state index in [9.17, 15) is 9.18 Å². The average Bonchev–Trinajstić information content (AvgIpc) is 2.32. The monoisotopic (exact) mass is 229 g/mol. The van der Waals surface area contributed by atoms with Gasteiger partial charge in [0, 0.05) is 23.5 Å². The Morgan fingerprint density at radius 1 is 1.12 bits per heavy atom. The standard InChI is InChI=1S/C14H12FNO/c1-9-5-12(8-16-7-9)14(17)11-3-4-13(15)10(2)6-11/h3-8H,1-2H3. The van der Waals surface area contributed by atoms with E-state index in [0.717, 1.165) is 5.56 Å². The van der Waals surface area contributed by atoms with Crippen molar-refractivity contribution in [1.82, 2.24) is 4.98 Å². The first-order valence-electron chi connectivity index (χ1n) is 5.30. The number of halogens is 1. The Labute approximate surface area is 99.1 Å². The number of aryl methyl sites for hydroxylation is 2. The molecule has 2 nitrogen and oxygen atoms in total. The second-order valence-corrected chi connectivity index (χ2v) is 4.04. The molecule has 17 heavy (non-hydrogen) atoms. The predicted molar refractivity (Wildman–Crippen MR) is 63.5 cm³/mol. The zero-order chi connectivity index (χ0) is 12.4. The number of ketones is 1. The summed E-state index contributed by atoms with van der Waals surface area (Å²) in [5.74, 6) is -0.437. The number of rotatable bonds is 2. The summed E-state index contributed by atoms with van der Waals surface area (Å²) < 4.78 is 13.1. The van der Waals surface area contributed by atoms with Gasteiger partial charge in [0.15, 0.2) is 5.78 Å². The second kappa shape index (κ2) is 4.45. The maximum absolute atomic E-state index is 13.1. The van der Waals surface area contributed by atoms with Gasteiger partial charge in [-0.05, 0) is 49.2 Å². The summed E-state index contributed by atoms with van der Waals surface area (Å²) in [6, 6.07) is 6.13. The molecule has 0 unspecified atom stereocenters. The van der Waals surface area contributed by atoms with Crippen molar-refractivity contribution in [2.75, 3.05) is 0 Å². The molecule has 0 fully saturated rings. The largest absolute Gasteiger partial charge is 0.289 e. The maximum Gasteiger partial charge on any atom is 0.194 e. The van der Waals surface area contributed by atoms with Gasteiger partial charge in [-0.1, -0.05) is 0 Å². The van der Waals surface area contributed by atoms with Gasteiger partial charge in [0.25, 0.3) is 0 Å². The minimum atomic E-state index is -0.302. The van der Waals surface area contributed by atoms with Crippen LogP contribution in [0.25, 0.3) is 0 Å². The molecule has 0 spiro atoms. The molecule has 0 aliphatic rings. The fraction of sp³-hybridized carbons (Fsp3) is 0.143. The summed E-state index contributed by atoms with van der Waals surface area (Å²) in [6.07, 6.45) is 3.21. The minimum absolute atomic E-state index is 0.135. The van der Waals surface area contributed by atoms with E-state index in [0.29, 0.717) is 16.7 Å². The number of pyridine rings is 1. The molecule has 1 aromatic heterocycles. The van der Waals surface area contributed by atoms with Crippen molar-refractivity contribution in [3.63, 3.8) is 0 Å². The molecule has 2 aromatic rings.